The lowest BCUT2D eigenvalue weighted by Crippen LogP contribution is -2.06. The van der Waals surface area contributed by atoms with E-state index in [0.29, 0.717) is 5.92 Å². The Hall–Kier alpha value is -1.23. The number of aromatic nitrogens is 1. The predicted molar refractivity (Wildman–Crippen MR) is 48.6 cm³/mol. The maximum atomic E-state index is 8.93. The van der Waals surface area contributed by atoms with E-state index in [2.05, 4.69) is 24.9 Å². The Morgan fingerprint density at radius 2 is 2.42 bits per heavy atom. The molecule has 0 amide bonds. The molecule has 1 heterocycles. The number of nitrogens with one attached hydrogen (secondary N) is 1. The average molecular weight is 162 g/mol. The van der Waals surface area contributed by atoms with Crippen molar-refractivity contribution in [3.63, 3.8) is 0 Å². The maximum Gasteiger partial charge on any atom is 0.0887 e. The van der Waals surface area contributed by atoms with Crippen molar-refractivity contribution >= 4 is 0 Å². The van der Waals surface area contributed by atoms with Gasteiger partial charge in [-0.05, 0) is 18.1 Å². The molecule has 1 N–H and O–H groups in total. The smallest absolute Gasteiger partial charge is 0.0887 e. The molecule has 0 bridgehead atoms. The lowest BCUT2D eigenvalue weighted by molar-refractivity contribution is 0.507. The van der Waals surface area contributed by atoms with E-state index in [1.54, 1.807) is 0 Å². The molecule has 1 aromatic heterocycles. The van der Waals surface area contributed by atoms with Gasteiger partial charge in [0.15, 0.2) is 0 Å². The van der Waals surface area contributed by atoms with Gasteiger partial charge in [0.05, 0.1) is 12.0 Å². The maximum absolute atomic E-state index is 8.93. The summed E-state index contributed by atoms with van der Waals surface area (Å²) in [6.07, 6.45) is 2.90. The van der Waals surface area contributed by atoms with E-state index in [0.717, 1.165) is 12.1 Å². The Balaban J connectivity index is 2.78. The van der Waals surface area contributed by atoms with Gasteiger partial charge in [0.2, 0.25) is 0 Å². The molecule has 0 saturated heterocycles. The summed E-state index contributed by atoms with van der Waals surface area (Å²) in [5.74, 6) is 0.443. The lowest BCUT2D eigenvalue weighted by Gasteiger charge is -2.13. The van der Waals surface area contributed by atoms with Gasteiger partial charge in [-0.2, -0.15) is 5.26 Å². The van der Waals surface area contributed by atoms with Crippen LogP contribution in [-0.4, -0.2) is 4.98 Å². The predicted octanol–water partition coefficient (Wildman–Crippen LogP) is 2.67. The zero-order chi connectivity index (χ0) is 8.97. The molecule has 12 heavy (non-hydrogen) atoms. The molecule has 0 fully saturated rings. The highest BCUT2D eigenvalue weighted by molar-refractivity contribution is 5.18. The van der Waals surface area contributed by atoms with Crippen LogP contribution in [0.4, 0.5) is 0 Å². The minimum Gasteiger partial charge on any atom is -0.364 e. The van der Waals surface area contributed by atoms with Crippen molar-refractivity contribution < 1.29 is 0 Å². The van der Waals surface area contributed by atoms with E-state index in [-0.39, 0.29) is 5.92 Å². The summed E-state index contributed by atoms with van der Waals surface area (Å²) in [5, 5.41) is 8.93. The molecule has 2 nitrogen and oxygen atoms in total. The monoisotopic (exact) mass is 162 g/mol. The summed E-state index contributed by atoms with van der Waals surface area (Å²) in [5.41, 5.74) is 1.03. The molecule has 0 aromatic carbocycles. The number of nitriles is 1. The van der Waals surface area contributed by atoms with Gasteiger partial charge in [0.1, 0.15) is 0 Å². The Labute approximate surface area is 73.2 Å². The Kier molecular flexibility index (Phi) is 2.93. The molecule has 0 radical (unpaired) electrons. The summed E-state index contributed by atoms with van der Waals surface area (Å²) in [7, 11) is 0. The highest BCUT2D eigenvalue weighted by Gasteiger charge is 2.17. The third-order valence-electron chi connectivity index (χ3n) is 2.31. The molecule has 1 rings (SSSR count). The summed E-state index contributed by atoms with van der Waals surface area (Å²) >= 11 is 0. The summed E-state index contributed by atoms with van der Waals surface area (Å²) < 4.78 is 0. The lowest BCUT2D eigenvalue weighted by atomic mass is 9.90. The van der Waals surface area contributed by atoms with Crippen molar-refractivity contribution in [2.45, 2.75) is 26.2 Å². The first kappa shape index (κ1) is 8.86. The van der Waals surface area contributed by atoms with Crippen molar-refractivity contribution in [1.29, 1.82) is 5.26 Å². The van der Waals surface area contributed by atoms with Crippen LogP contribution in [0.3, 0.4) is 0 Å². The number of aromatic amines is 1. The van der Waals surface area contributed by atoms with E-state index < -0.39 is 0 Å². The topological polar surface area (TPSA) is 39.6 Å². The van der Waals surface area contributed by atoms with Gasteiger partial charge in [-0.3, -0.25) is 0 Å². The number of hydrogen-bond acceptors (Lipinski definition) is 1. The summed E-state index contributed by atoms with van der Waals surface area (Å²) in [6.45, 7) is 4.21. The molecule has 0 aliphatic heterocycles. The van der Waals surface area contributed by atoms with Gasteiger partial charge in [-0.25, -0.2) is 0 Å². The van der Waals surface area contributed by atoms with Crippen LogP contribution >= 0.6 is 0 Å². The van der Waals surface area contributed by atoms with Gasteiger partial charge in [0.25, 0.3) is 0 Å². The van der Waals surface area contributed by atoms with Gasteiger partial charge >= 0.3 is 0 Å². The van der Waals surface area contributed by atoms with Gasteiger partial charge in [-0.1, -0.05) is 20.3 Å². The average Bonchev–Trinajstić information content (AvgIpc) is 2.58. The molecule has 0 saturated carbocycles. The second-order valence-corrected chi connectivity index (χ2v) is 3.12. The fraction of sp³-hybridized carbons (Fsp3) is 0.500. The first-order valence-electron chi connectivity index (χ1n) is 4.32. The number of hydrogen-bond donors (Lipinski definition) is 1. The third kappa shape index (κ3) is 1.68. The fourth-order valence-corrected chi connectivity index (χ4v) is 1.28. The molecule has 64 valence electrons. The second kappa shape index (κ2) is 3.96. The van der Waals surface area contributed by atoms with Crippen LogP contribution in [0, 0.1) is 17.2 Å². The van der Waals surface area contributed by atoms with E-state index in [1.165, 1.54) is 0 Å². The molecular formula is C10H14N2. The van der Waals surface area contributed by atoms with E-state index in [4.69, 9.17) is 5.26 Å². The highest BCUT2D eigenvalue weighted by atomic mass is 14.7. The first-order chi connectivity index (χ1) is 5.79. The van der Waals surface area contributed by atoms with Gasteiger partial charge in [0, 0.05) is 11.9 Å². The van der Waals surface area contributed by atoms with Crippen molar-refractivity contribution in [2.24, 2.45) is 5.92 Å². The van der Waals surface area contributed by atoms with Crippen LogP contribution in [0.1, 0.15) is 31.9 Å². The van der Waals surface area contributed by atoms with E-state index in [9.17, 15) is 0 Å². The second-order valence-electron chi connectivity index (χ2n) is 3.12. The SMILES string of the molecule is CCC(C)C(C#N)c1ccc[nH]1. The Morgan fingerprint density at radius 3 is 2.83 bits per heavy atom. The normalized spacial score (nSPS) is 15.1. The van der Waals surface area contributed by atoms with Crippen LogP contribution in [-0.2, 0) is 0 Å². The zero-order valence-corrected chi connectivity index (χ0v) is 7.54. The first-order valence-corrected chi connectivity index (χ1v) is 4.32. The van der Waals surface area contributed by atoms with Crippen LogP contribution in [0.2, 0.25) is 0 Å². The molecule has 2 unspecified atom stereocenters. The Morgan fingerprint density at radius 1 is 1.67 bits per heavy atom. The summed E-state index contributed by atoms with van der Waals surface area (Å²) in [4.78, 5) is 3.08. The number of nitrogens with zero attached hydrogens (tertiary/aromatic N) is 1. The number of H-pyrrole nitrogens is 1. The van der Waals surface area contributed by atoms with E-state index in [1.807, 2.05) is 18.3 Å². The fourth-order valence-electron chi connectivity index (χ4n) is 1.28. The molecular weight excluding hydrogens is 148 g/mol. The summed E-state index contributed by atoms with van der Waals surface area (Å²) in [6, 6.07) is 6.23. The minimum absolute atomic E-state index is 0.0185. The van der Waals surface area contributed by atoms with Crippen LogP contribution in [0.5, 0.6) is 0 Å². The van der Waals surface area contributed by atoms with Crippen LogP contribution in [0.15, 0.2) is 18.3 Å². The molecule has 2 heteroatoms. The molecule has 1 aromatic rings. The van der Waals surface area contributed by atoms with E-state index >= 15 is 0 Å². The Bertz CT molecular complexity index is 256. The minimum atomic E-state index is 0.0185. The van der Waals surface area contributed by atoms with Crippen molar-refractivity contribution in [3.05, 3.63) is 24.0 Å². The highest BCUT2D eigenvalue weighted by Crippen LogP contribution is 2.24. The van der Waals surface area contributed by atoms with Crippen molar-refractivity contribution in [1.82, 2.24) is 4.98 Å². The van der Waals surface area contributed by atoms with Crippen molar-refractivity contribution in [3.8, 4) is 6.07 Å². The standard InChI is InChI=1S/C10H14N2/c1-3-8(2)9(7-11)10-5-4-6-12-10/h4-6,8-9,12H,3H2,1-2H3. The molecule has 0 aliphatic carbocycles. The van der Waals surface area contributed by atoms with Crippen LogP contribution < -0.4 is 0 Å². The van der Waals surface area contributed by atoms with Gasteiger partial charge < -0.3 is 4.98 Å². The van der Waals surface area contributed by atoms with Gasteiger partial charge in [-0.15, -0.1) is 0 Å². The number of rotatable bonds is 3. The molecule has 2 atom stereocenters. The molecule has 0 aliphatic rings. The third-order valence-corrected chi connectivity index (χ3v) is 2.31. The quantitative estimate of drug-likeness (QED) is 0.729. The molecule has 0 spiro atoms. The van der Waals surface area contributed by atoms with Crippen LogP contribution in [0.25, 0.3) is 0 Å². The largest absolute Gasteiger partial charge is 0.364 e. The van der Waals surface area contributed by atoms with Crippen molar-refractivity contribution in [2.75, 3.05) is 0 Å². The zero-order valence-electron chi connectivity index (χ0n) is 7.54.